The molecular weight excluding hydrogens is 172 g/mol. The molecule has 0 saturated carbocycles. The highest BCUT2D eigenvalue weighted by Gasteiger charge is 1.97. The number of aromatic nitrogens is 1. The highest BCUT2D eigenvalue weighted by molar-refractivity contribution is 5.64. The standard InChI is InChI=1S/C8H10N2O3/c1-10-5-6(2-3-7(10)11)4-9-8(12)13/h2-3,5,9H,4H2,1H3,(H,12,13). The number of hydrogen-bond donors (Lipinski definition) is 2. The molecule has 0 radical (unpaired) electrons. The van der Waals surface area contributed by atoms with Crippen LogP contribution in [0.1, 0.15) is 5.56 Å². The molecule has 1 aromatic rings. The van der Waals surface area contributed by atoms with Gasteiger partial charge in [-0.1, -0.05) is 6.07 Å². The number of carboxylic acid groups (broad SMARTS) is 1. The van der Waals surface area contributed by atoms with Crippen LogP contribution in [-0.2, 0) is 13.6 Å². The first-order chi connectivity index (χ1) is 6.09. The van der Waals surface area contributed by atoms with Crippen LogP contribution in [0.15, 0.2) is 23.1 Å². The van der Waals surface area contributed by atoms with Gasteiger partial charge in [0.15, 0.2) is 0 Å². The molecule has 0 aliphatic carbocycles. The van der Waals surface area contributed by atoms with Gasteiger partial charge < -0.3 is 15.0 Å². The summed E-state index contributed by atoms with van der Waals surface area (Å²) >= 11 is 0. The lowest BCUT2D eigenvalue weighted by molar-refractivity contribution is 0.194. The van der Waals surface area contributed by atoms with Crippen molar-refractivity contribution in [1.82, 2.24) is 9.88 Å². The maximum atomic E-state index is 10.9. The van der Waals surface area contributed by atoms with Gasteiger partial charge in [0, 0.05) is 25.9 Å². The van der Waals surface area contributed by atoms with E-state index in [1.165, 1.54) is 10.6 Å². The predicted octanol–water partition coefficient (Wildman–Crippen LogP) is 0.153. The average Bonchev–Trinajstić information content (AvgIpc) is 2.07. The van der Waals surface area contributed by atoms with Crippen molar-refractivity contribution in [2.24, 2.45) is 7.05 Å². The molecule has 0 fully saturated rings. The Hall–Kier alpha value is -1.78. The van der Waals surface area contributed by atoms with E-state index >= 15 is 0 Å². The van der Waals surface area contributed by atoms with Crippen LogP contribution in [0.25, 0.3) is 0 Å². The second-order valence-corrected chi connectivity index (χ2v) is 2.65. The molecule has 0 bridgehead atoms. The van der Waals surface area contributed by atoms with Gasteiger partial charge in [-0.05, 0) is 5.56 Å². The van der Waals surface area contributed by atoms with E-state index in [1.54, 1.807) is 19.3 Å². The molecule has 0 saturated heterocycles. The predicted molar refractivity (Wildman–Crippen MR) is 46.5 cm³/mol. The molecule has 70 valence electrons. The van der Waals surface area contributed by atoms with Gasteiger partial charge in [-0.25, -0.2) is 4.79 Å². The zero-order valence-corrected chi connectivity index (χ0v) is 7.15. The first kappa shape index (κ1) is 9.31. The maximum Gasteiger partial charge on any atom is 0.404 e. The molecule has 0 atom stereocenters. The second-order valence-electron chi connectivity index (χ2n) is 2.65. The van der Waals surface area contributed by atoms with Crippen molar-refractivity contribution >= 4 is 6.09 Å². The van der Waals surface area contributed by atoms with Gasteiger partial charge in [0.2, 0.25) is 5.56 Å². The van der Waals surface area contributed by atoms with E-state index in [9.17, 15) is 9.59 Å². The minimum absolute atomic E-state index is 0.112. The fourth-order valence-electron chi connectivity index (χ4n) is 0.934. The fourth-order valence-corrected chi connectivity index (χ4v) is 0.934. The van der Waals surface area contributed by atoms with Crippen molar-refractivity contribution in [2.75, 3.05) is 0 Å². The van der Waals surface area contributed by atoms with Crippen LogP contribution < -0.4 is 10.9 Å². The minimum atomic E-state index is -1.08. The summed E-state index contributed by atoms with van der Waals surface area (Å²) in [5, 5.41) is 10.5. The van der Waals surface area contributed by atoms with Gasteiger partial charge in [0.1, 0.15) is 0 Å². The minimum Gasteiger partial charge on any atom is -0.465 e. The first-order valence-corrected chi connectivity index (χ1v) is 3.72. The van der Waals surface area contributed by atoms with Crippen LogP contribution in [0.5, 0.6) is 0 Å². The zero-order chi connectivity index (χ0) is 9.84. The Morgan fingerprint density at radius 2 is 2.31 bits per heavy atom. The van der Waals surface area contributed by atoms with E-state index in [4.69, 9.17) is 5.11 Å². The molecule has 0 aromatic carbocycles. The summed E-state index contributed by atoms with van der Waals surface area (Å²) in [6.07, 6.45) is 0.520. The summed E-state index contributed by atoms with van der Waals surface area (Å²) in [6, 6.07) is 3.00. The second kappa shape index (κ2) is 3.75. The molecule has 13 heavy (non-hydrogen) atoms. The van der Waals surface area contributed by atoms with E-state index in [0.717, 1.165) is 5.56 Å². The van der Waals surface area contributed by atoms with E-state index in [0.29, 0.717) is 0 Å². The molecule has 1 aromatic heterocycles. The number of rotatable bonds is 2. The van der Waals surface area contributed by atoms with Crippen molar-refractivity contribution < 1.29 is 9.90 Å². The molecule has 1 heterocycles. The van der Waals surface area contributed by atoms with Gasteiger partial charge >= 0.3 is 6.09 Å². The Labute approximate surface area is 74.6 Å². The molecular formula is C8H10N2O3. The van der Waals surface area contributed by atoms with Crippen LogP contribution in [-0.4, -0.2) is 15.8 Å². The Morgan fingerprint density at radius 3 is 2.85 bits per heavy atom. The maximum absolute atomic E-state index is 10.9. The average molecular weight is 182 g/mol. The van der Waals surface area contributed by atoms with Crippen LogP contribution in [0.2, 0.25) is 0 Å². The normalized spacial score (nSPS) is 9.62. The molecule has 0 unspecified atom stereocenters. The molecule has 2 N–H and O–H groups in total. The largest absolute Gasteiger partial charge is 0.465 e. The Balaban J connectivity index is 2.74. The smallest absolute Gasteiger partial charge is 0.404 e. The van der Waals surface area contributed by atoms with Gasteiger partial charge in [-0.2, -0.15) is 0 Å². The van der Waals surface area contributed by atoms with Crippen LogP contribution in [0, 0.1) is 0 Å². The summed E-state index contributed by atoms with van der Waals surface area (Å²) in [6.45, 7) is 0.212. The molecule has 0 aliphatic heterocycles. The van der Waals surface area contributed by atoms with Crippen LogP contribution in [0.4, 0.5) is 4.79 Å². The number of nitrogens with one attached hydrogen (secondary N) is 1. The molecule has 0 aliphatic rings. The van der Waals surface area contributed by atoms with Crippen molar-refractivity contribution in [1.29, 1.82) is 0 Å². The monoisotopic (exact) mass is 182 g/mol. The molecule has 5 heteroatoms. The van der Waals surface area contributed by atoms with E-state index in [-0.39, 0.29) is 12.1 Å². The van der Waals surface area contributed by atoms with Crippen molar-refractivity contribution in [3.05, 3.63) is 34.2 Å². The third-order valence-electron chi connectivity index (χ3n) is 1.59. The fraction of sp³-hybridized carbons (Fsp3) is 0.250. The molecule has 0 spiro atoms. The van der Waals surface area contributed by atoms with E-state index < -0.39 is 6.09 Å². The lowest BCUT2D eigenvalue weighted by Gasteiger charge is -2.02. The van der Waals surface area contributed by atoms with Gasteiger partial charge in [-0.15, -0.1) is 0 Å². The van der Waals surface area contributed by atoms with Crippen molar-refractivity contribution in [3.8, 4) is 0 Å². The number of nitrogens with zero attached hydrogens (tertiary/aromatic N) is 1. The van der Waals surface area contributed by atoms with Gasteiger partial charge in [0.25, 0.3) is 0 Å². The summed E-state index contributed by atoms with van der Waals surface area (Å²) in [7, 11) is 1.62. The van der Waals surface area contributed by atoms with Crippen molar-refractivity contribution in [3.63, 3.8) is 0 Å². The number of carbonyl (C=O) groups is 1. The highest BCUT2D eigenvalue weighted by Crippen LogP contribution is 1.93. The van der Waals surface area contributed by atoms with E-state index in [2.05, 4.69) is 5.32 Å². The summed E-state index contributed by atoms with van der Waals surface area (Å²) in [5.74, 6) is 0. The topological polar surface area (TPSA) is 71.3 Å². The number of amides is 1. The summed E-state index contributed by atoms with van der Waals surface area (Å²) < 4.78 is 1.40. The van der Waals surface area contributed by atoms with Gasteiger partial charge in [-0.3, -0.25) is 4.79 Å². The Bertz CT molecular complexity index is 370. The third-order valence-corrected chi connectivity index (χ3v) is 1.59. The highest BCUT2D eigenvalue weighted by atomic mass is 16.4. The lowest BCUT2D eigenvalue weighted by atomic mass is 10.3. The molecule has 5 nitrogen and oxygen atoms in total. The Morgan fingerprint density at radius 1 is 1.62 bits per heavy atom. The molecule has 1 amide bonds. The number of hydrogen-bond acceptors (Lipinski definition) is 2. The number of aryl methyl sites for hydroxylation is 1. The lowest BCUT2D eigenvalue weighted by Crippen LogP contribution is -2.22. The van der Waals surface area contributed by atoms with Gasteiger partial charge in [0.05, 0.1) is 0 Å². The number of pyridine rings is 1. The zero-order valence-electron chi connectivity index (χ0n) is 7.15. The van der Waals surface area contributed by atoms with Crippen molar-refractivity contribution in [2.45, 2.75) is 6.54 Å². The molecule has 1 rings (SSSR count). The van der Waals surface area contributed by atoms with E-state index in [1.807, 2.05) is 0 Å². The summed E-state index contributed by atoms with van der Waals surface area (Å²) in [4.78, 5) is 21.1. The summed E-state index contributed by atoms with van der Waals surface area (Å²) in [5.41, 5.74) is 0.642. The first-order valence-electron chi connectivity index (χ1n) is 3.72. The third kappa shape index (κ3) is 2.62. The Kier molecular flexibility index (Phi) is 2.69. The van der Waals surface area contributed by atoms with Crippen LogP contribution >= 0.6 is 0 Å². The van der Waals surface area contributed by atoms with Crippen LogP contribution in [0.3, 0.4) is 0 Å². The quantitative estimate of drug-likeness (QED) is 0.684. The SMILES string of the molecule is Cn1cc(CNC(=O)O)ccc1=O.